The van der Waals surface area contributed by atoms with Crippen LogP contribution in [0, 0.1) is 0 Å². The van der Waals surface area contributed by atoms with Gasteiger partial charge in [-0.2, -0.15) is 0 Å². The van der Waals surface area contributed by atoms with Gasteiger partial charge in [-0.25, -0.2) is 9.97 Å². The van der Waals surface area contributed by atoms with Crippen molar-refractivity contribution in [1.29, 1.82) is 0 Å². The molecule has 2 N–H and O–H groups in total. The lowest BCUT2D eigenvalue weighted by Crippen LogP contribution is -2.38. The lowest BCUT2D eigenvalue weighted by atomic mass is 9.83. The molecule has 0 saturated carbocycles. The number of aromatic nitrogens is 2. The molecule has 2 aromatic rings. The molecule has 0 bridgehead atoms. The number of aryl methyl sites for hydroxylation is 1. The fraction of sp³-hybridized carbons (Fsp3) is 0.333. The minimum Gasteiger partial charge on any atom is -0.320 e. The zero-order valence-electron chi connectivity index (χ0n) is 10.6. The van der Waals surface area contributed by atoms with Crippen LogP contribution in [0.4, 0.5) is 0 Å². The van der Waals surface area contributed by atoms with Crippen molar-refractivity contribution in [3.05, 3.63) is 47.8 Å². The highest BCUT2D eigenvalue weighted by Crippen LogP contribution is 2.32. The maximum Gasteiger partial charge on any atom is 0.159 e. The van der Waals surface area contributed by atoms with Gasteiger partial charge in [-0.3, -0.25) is 0 Å². The molecule has 3 heteroatoms. The van der Waals surface area contributed by atoms with E-state index >= 15 is 0 Å². The van der Waals surface area contributed by atoms with Gasteiger partial charge in [-0.05, 0) is 31.7 Å². The normalized spacial score (nSPS) is 22.6. The molecule has 0 radical (unpaired) electrons. The second-order valence-corrected chi connectivity index (χ2v) is 5.20. The summed E-state index contributed by atoms with van der Waals surface area (Å²) in [5.74, 6) is 0.771. The molecule has 92 valence electrons. The van der Waals surface area contributed by atoms with E-state index in [-0.39, 0.29) is 5.54 Å². The summed E-state index contributed by atoms with van der Waals surface area (Å²) >= 11 is 0. The van der Waals surface area contributed by atoms with Gasteiger partial charge in [0.1, 0.15) is 0 Å². The highest BCUT2D eigenvalue weighted by Gasteiger charge is 2.30. The maximum absolute atomic E-state index is 6.35. The van der Waals surface area contributed by atoms with E-state index in [4.69, 9.17) is 10.7 Å². The van der Waals surface area contributed by atoms with Crippen LogP contribution in [0.1, 0.15) is 31.0 Å². The van der Waals surface area contributed by atoms with Crippen LogP contribution in [0.2, 0.25) is 0 Å². The molecule has 0 amide bonds. The van der Waals surface area contributed by atoms with Gasteiger partial charge in [0.15, 0.2) is 5.82 Å². The Morgan fingerprint density at radius 3 is 2.78 bits per heavy atom. The van der Waals surface area contributed by atoms with E-state index in [1.165, 1.54) is 5.56 Å². The van der Waals surface area contributed by atoms with Gasteiger partial charge >= 0.3 is 0 Å². The lowest BCUT2D eigenvalue weighted by molar-refractivity contribution is 0.395. The quantitative estimate of drug-likeness (QED) is 0.832. The molecule has 3 rings (SSSR count). The lowest BCUT2D eigenvalue weighted by Gasteiger charge is -2.30. The highest BCUT2D eigenvalue weighted by atomic mass is 14.9. The van der Waals surface area contributed by atoms with Gasteiger partial charge in [-0.15, -0.1) is 0 Å². The third kappa shape index (κ3) is 1.91. The number of rotatable bonds is 1. The van der Waals surface area contributed by atoms with Gasteiger partial charge < -0.3 is 5.73 Å². The molecular formula is C15H17N3. The first-order valence-electron chi connectivity index (χ1n) is 6.37. The summed E-state index contributed by atoms with van der Waals surface area (Å²) < 4.78 is 0. The molecule has 1 unspecified atom stereocenters. The van der Waals surface area contributed by atoms with Crippen LogP contribution in [-0.2, 0) is 12.0 Å². The topological polar surface area (TPSA) is 51.8 Å². The van der Waals surface area contributed by atoms with Crippen molar-refractivity contribution in [3.8, 4) is 11.4 Å². The summed E-state index contributed by atoms with van der Waals surface area (Å²) in [5.41, 5.74) is 9.29. The minimum absolute atomic E-state index is 0.319. The van der Waals surface area contributed by atoms with Crippen LogP contribution in [-0.4, -0.2) is 9.97 Å². The fourth-order valence-electron chi connectivity index (χ4n) is 2.57. The van der Waals surface area contributed by atoms with E-state index in [0.717, 1.165) is 36.3 Å². The van der Waals surface area contributed by atoms with Crippen molar-refractivity contribution in [3.63, 3.8) is 0 Å². The molecule has 0 saturated heterocycles. The van der Waals surface area contributed by atoms with E-state index in [9.17, 15) is 0 Å². The number of benzene rings is 1. The van der Waals surface area contributed by atoms with Crippen LogP contribution < -0.4 is 5.73 Å². The van der Waals surface area contributed by atoms with Gasteiger partial charge in [0.05, 0.1) is 11.2 Å². The third-order valence-electron chi connectivity index (χ3n) is 3.58. The first-order valence-corrected chi connectivity index (χ1v) is 6.37. The zero-order chi connectivity index (χ0) is 12.6. The van der Waals surface area contributed by atoms with Crippen LogP contribution in [0.15, 0.2) is 36.5 Å². The largest absolute Gasteiger partial charge is 0.320 e. The molecule has 1 aromatic carbocycles. The van der Waals surface area contributed by atoms with Crippen molar-refractivity contribution >= 4 is 0 Å². The minimum atomic E-state index is -0.319. The Kier molecular flexibility index (Phi) is 2.63. The summed E-state index contributed by atoms with van der Waals surface area (Å²) in [6, 6.07) is 10.0. The molecule has 0 spiro atoms. The standard InChI is InChI=1S/C15H17N3/c1-15(16)9-5-8-12-10-17-14(18-13(12)15)11-6-3-2-4-7-11/h2-4,6-7,10H,5,8-9,16H2,1H3. The number of fused-ring (bicyclic) bond motifs is 1. The van der Waals surface area contributed by atoms with Crippen LogP contribution >= 0.6 is 0 Å². The summed E-state index contributed by atoms with van der Waals surface area (Å²) in [6.07, 6.45) is 5.09. The second kappa shape index (κ2) is 4.18. The van der Waals surface area contributed by atoms with Crippen molar-refractivity contribution in [2.75, 3.05) is 0 Å². The van der Waals surface area contributed by atoms with E-state index in [1.807, 2.05) is 36.5 Å². The molecule has 1 aliphatic carbocycles. The maximum atomic E-state index is 6.35. The van der Waals surface area contributed by atoms with Crippen molar-refractivity contribution in [2.24, 2.45) is 5.73 Å². The van der Waals surface area contributed by atoms with Gasteiger partial charge in [-0.1, -0.05) is 30.3 Å². The van der Waals surface area contributed by atoms with Gasteiger partial charge in [0.25, 0.3) is 0 Å². The Balaban J connectivity index is 2.10. The monoisotopic (exact) mass is 239 g/mol. The van der Waals surface area contributed by atoms with Crippen LogP contribution in [0.3, 0.4) is 0 Å². The van der Waals surface area contributed by atoms with Crippen molar-refractivity contribution < 1.29 is 0 Å². The van der Waals surface area contributed by atoms with Gasteiger partial charge in [0, 0.05) is 11.8 Å². The SMILES string of the molecule is CC1(N)CCCc2cnc(-c3ccccc3)nc21. The highest BCUT2D eigenvalue weighted by molar-refractivity contribution is 5.55. The molecule has 1 aliphatic rings. The van der Waals surface area contributed by atoms with E-state index in [0.29, 0.717) is 0 Å². The predicted octanol–water partition coefficient (Wildman–Crippen LogP) is 2.65. The molecule has 1 heterocycles. The first-order chi connectivity index (χ1) is 8.67. The number of hydrogen-bond donors (Lipinski definition) is 1. The summed E-state index contributed by atoms with van der Waals surface area (Å²) in [5, 5.41) is 0. The van der Waals surface area contributed by atoms with Gasteiger partial charge in [0.2, 0.25) is 0 Å². The second-order valence-electron chi connectivity index (χ2n) is 5.20. The van der Waals surface area contributed by atoms with Crippen LogP contribution in [0.5, 0.6) is 0 Å². The smallest absolute Gasteiger partial charge is 0.159 e. The molecule has 0 aliphatic heterocycles. The average Bonchev–Trinajstić information content (AvgIpc) is 2.39. The first kappa shape index (κ1) is 11.4. The van der Waals surface area contributed by atoms with Crippen molar-refractivity contribution in [1.82, 2.24) is 9.97 Å². The third-order valence-corrected chi connectivity index (χ3v) is 3.58. The Morgan fingerprint density at radius 1 is 1.22 bits per heavy atom. The molecule has 1 aromatic heterocycles. The summed E-state index contributed by atoms with van der Waals surface area (Å²) in [7, 11) is 0. The zero-order valence-corrected chi connectivity index (χ0v) is 10.6. The number of nitrogens with two attached hydrogens (primary N) is 1. The predicted molar refractivity (Wildman–Crippen MR) is 71.9 cm³/mol. The number of nitrogens with zero attached hydrogens (tertiary/aromatic N) is 2. The Morgan fingerprint density at radius 2 is 2.00 bits per heavy atom. The Hall–Kier alpha value is -1.74. The summed E-state index contributed by atoms with van der Waals surface area (Å²) in [6.45, 7) is 2.06. The van der Waals surface area contributed by atoms with Crippen molar-refractivity contribution in [2.45, 2.75) is 31.7 Å². The Bertz CT molecular complexity index is 561. The number of hydrogen-bond acceptors (Lipinski definition) is 3. The fourth-order valence-corrected chi connectivity index (χ4v) is 2.57. The molecule has 18 heavy (non-hydrogen) atoms. The average molecular weight is 239 g/mol. The molecule has 0 fully saturated rings. The molecule has 3 nitrogen and oxygen atoms in total. The van der Waals surface area contributed by atoms with E-state index in [1.54, 1.807) is 0 Å². The van der Waals surface area contributed by atoms with E-state index in [2.05, 4.69) is 11.9 Å². The molecular weight excluding hydrogens is 222 g/mol. The van der Waals surface area contributed by atoms with Crippen LogP contribution in [0.25, 0.3) is 11.4 Å². The Labute approximate surface area is 107 Å². The van der Waals surface area contributed by atoms with E-state index < -0.39 is 0 Å². The summed E-state index contributed by atoms with van der Waals surface area (Å²) in [4.78, 5) is 9.16. The molecule has 1 atom stereocenters.